The largest absolute Gasteiger partial charge is 0.357 e. The Morgan fingerprint density at radius 2 is 2.00 bits per heavy atom. The summed E-state index contributed by atoms with van der Waals surface area (Å²) >= 11 is 6.00. The number of anilines is 1. The number of hydrogen-bond donors (Lipinski definition) is 2. The fourth-order valence-electron chi connectivity index (χ4n) is 2.77. The van der Waals surface area contributed by atoms with E-state index >= 15 is 0 Å². The van der Waals surface area contributed by atoms with Gasteiger partial charge in [0.15, 0.2) is 0 Å². The van der Waals surface area contributed by atoms with Crippen LogP contribution in [0.25, 0.3) is 11.3 Å². The molecule has 0 aliphatic rings. The molecule has 0 aliphatic heterocycles. The molecule has 1 aromatic carbocycles. The van der Waals surface area contributed by atoms with Crippen LogP contribution in [0.1, 0.15) is 29.9 Å². The maximum Gasteiger partial charge on any atom is 0.269 e. The number of carbonyl (C=O) groups is 1. The molecule has 2 heterocycles. The van der Waals surface area contributed by atoms with Gasteiger partial charge in [0.2, 0.25) is 0 Å². The first-order valence-electron chi connectivity index (χ1n) is 8.90. The highest BCUT2D eigenvalue weighted by atomic mass is 35.5. The monoisotopic (exact) mass is 383 g/mol. The number of rotatable bonds is 7. The lowest BCUT2D eigenvalue weighted by Gasteiger charge is -2.19. The van der Waals surface area contributed by atoms with Crippen LogP contribution in [0.15, 0.2) is 48.7 Å². The molecule has 3 aromatic rings. The van der Waals surface area contributed by atoms with Gasteiger partial charge in [-0.05, 0) is 43.7 Å². The normalized spacial score (nSPS) is 10.6. The highest BCUT2D eigenvalue weighted by molar-refractivity contribution is 6.30. The van der Waals surface area contributed by atoms with Gasteiger partial charge in [-0.1, -0.05) is 29.8 Å². The summed E-state index contributed by atoms with van der Waals surface area (Å²) in [5.74, 6) is 0.721. The molecular weight excluding hydrogens is 362 g/mol. The molecule has 0 atom stereocenters. The maximum absolute atomic E-state index is 12.4. The van der Waals surface area contributed by atoms with Gasteiger partial charge in [0, 0.05) is 36.4 Å². The summed E-state index contributed by atoms with van der Waals surface area (Å²) in [6.07, 6.45) is 1.79. The SMILES string of the molecule is CCN(CC)c1ccc(CNC(=O)c2cc(-c3cccc(Cl)c3)n[nH]2)cn1. The van der Waals surface area contributed by atoms with E-state index in [0.29, 0.717) is 23.0 Å². The minimum atomic E-state index is -0.219. The van der Waals surface area contributed by atoms with Crippen molar-refractivity contribution >= 4 is 23.3 Å². The van der Waals surface area contributed by atoms with Gasteiger partial charge in [-0.25, -0.2) is 4.98 Å². The number of pyridine rings is 1. The molecule has 0 aliphatic carbocycles. The Hall–Kier alpha value is -2.86. The molecule has 0 fully saturated rings. The molecule has 0 bridgehead atoms. The first kappa shape index (κ1) is 18.9. The Bertz CT molecular complexity index is 903. The highest BCUT2D eigenvalue weighted by Crippen LogP contribution is 2.21. The van der Waals surface area contributed by atoms with Crippen LogP contribution in [0, 0.1) is 0 Å². The molecule has 2 aromatic heterocycles. The molecule has 2 N–H and O–H groups in total. The summed E-state index contributed by atoms with van der Waals surface area (Å²) < 4.78 is 0. The Morgan fingerprint density at radius 3 is 2.67 bits per heavy atom. The van der Waals surface area contributed by atoms with Crippen molar-refractivity contribution in [3.63, 3.8) is 0 Å². The summed E-state index contributed by atoms with van der Waals surface area (Å²) in [7, 11) is 0. The van der Waals surface area contributed by atoms with Crippen LogP contribution in [0.5, 0.6) is 0 Å². The van der Waals surface area contributed by atoms with E-state index in [0.717, 1.165) is 30.0 Å². The third kappa shape index (κ3) is 4.65. The van der Waals surface area contributed by atoms with Crippen LogP contribution in [0.4, 0.5) is 5.82 Å². The molecule has 3 rings (SSSR count). The van der Waals surface area contributed by atoms with E-state index in [-0.39, 0.29) is 5.91 Å². The Balaban J connectivity index is 1.61. The van der Waals surface area contributed by atoms with Gasteiger partial charge >= 0.3 is 0 Å². The van der Waals surface area contributed by atoms with Crippen LogP contribution in [-0.4, -0.2) is 34.2 Å². The lowest BCUT2D eigenvalue weighted by molar-refractivity contribution is 0.0946. The van der Waals surface area contributed by atoms with Gasteiger partial charge in [-0.15, -0.1) is 0 Å². The van der Waals surface area contributed by atoms with Crippen LogP contribution in [0.2, 0.25) is 5.02 Å². The predicted molar refractivity (Wildman–Crippen MR) is 108 cm³/mol. The molecule has 0 saturated heterocycles. The number of nitrogens with zero attached hydrogens (tertiary/aromatic N) is 3. The number of aromatic nitrogens is 3. The first-order chi connectivity index (χ1) is 13.1. The number of nitrogens with one attached hydrogen (secondary N) is 2. The maximum atomic E-state index is 12.4. The van der Waals surface area contributed by atoms with Gasteiger partial charge in [0.25, 0.3) is 5.91 Å². The topological polar surface area (TPSA) is 73.9 Å². The fraction of sp³-hybridized carbons (Fsp3) is 0.250. The van der Waals surface area contributed by atoms with E-state index in [1.165, 1.54) is 0 Å². The number of aromatic amines is 1. The standard InChI is InChI=1S/C20H22ClN5O/c1-3-26(4-2)19-9-8-14(12-22-19)13-23-20(27)18-11-17(24-25-18)15-6-5-7-16(21)10-15/h5-12H,3-4,13H2,1-2H3,(H,23,27)(H,24,25). The van der Waals surface area contributed by atoms with Crippen LogP contribution in [-0.2, 0) is 6.54 Å². The van der Waals surface area contributed by atoms with Gasteiger partial charge in [0.1, 0.15) is 11.5 Å². The van der Waals surface area contributed by atoms with Gasteiger partial charge < -0.3 is 10.2 Å². The third-order valence-electron chi connectivity index (χ3n) is 4.29. The lowest BCUT2D eigenvalue weighted by Crippen LogP contribution is -2.24. The van der Waals surface area contributed by atoms with Crippen molar-refractivity contribution in [3.8, 4) is 11.3 Å². The second-order valence-electron chi connectivity index (χ2n) is 6.06. The van der Waals surface area contributed by atoms with E-state index in [1.54, 1.807) is 18.3 Å². The van der Waals surface area contributed by atoms with Gasteiger partial charge in [0.05, 0.1) is 5.69 Å². The molecular formula is C20H22ClN5O. The van der Waals surface area contributed by atoms with E-state index in [1.807, 2.05) is 30.3 Å². The molecule has 1 amide bonds. The van der Waals surface area contributed by atoms with Crippen molar-refractivity contribution in [1.82, 2.24) is 20.5 Å². The van der Waals surface area contributed by atoms with Gasteiger partial charge in [-0.2, -0.15) is 5.10 Å². The molecule has 6 nitrogen and oxygen atoms in total. The second-order valence-corrected chi connectivity index (χ2v) is 6.49. The Kier molecular flexibility index (Phi) is 6.08. The van der Waals surface area contributed by atoms with E-state index < -0.39 is 0 Å². The minimum Gasteiger partial charge on any atom is -0.357 e. The molecule has 27 heavy (non-hydrogen) atoms. The zero-order valence-corrected chi connectivity index (χ0v) is 16.1. The summed E-state index contributed by atoms with van der Waals surface area (Å²) in [6.45, 7) is 6.42. The molecule has 0 unspecified atom stereocenters. The molecule has 0 spiro atoms. The smallest absolute Gasteiger partial charge is 0.269 e. The Labute approximate surface area is 163 Å². The average molecular weight is 384 g/mol. The summed E-state index contributed by atoms with van der Waals surface area (Å²) in [6, 6.07) is 13.0. The fourth-order valence-corrected chi connectivity index (χ4v) is 2.96. The molecule has 0 radical (unpaired) electrons. The molecule has 140 valence electrons. The number of benzene rings is 1. The Morgan fingerprint density at radius 1 is 1.19 bits per heavy atom. The number of H-pyrrole nitrogens is 1. The molecule has 0 saturated carbocycles. The number of carbonyl (C=O) groups excluding carboxylic acids is 1. The highest BCUT2D eigenvalue weighted by Gasteiger charge is 2.11. The first-order valence-corrected chi connectivity index (χ1v) is 9.28. The van der Waals surface area contributed by atoms with Crippen molar-refractivity contribution in [1.29, 1.82) is 0 Å². The lowest BCUT2D eigenvalue weighted by atomic mass is 10.1. The van der Waals surface area contributed by atoms with Crippen LogP contribution in [0.3, 0.4) is 0 Å². The number of hydrogen-bond acceptors (Lipinski definition) is 4. The van der Waals surface area contributed by atoms with Crippen molar-refractivity contribution in [2.45, 2.75) is 20.4 Å². The van der Waals surface area contributed by atoms with Crippen molar-refractivity contribution in [2.24, 2.45) is 0 Å². The number of halogens is 1. The zero-order valence-electron chi connectivity index (χ0n) is 15.4. The summed E-state index contributed by atoms with van der Waals surface area (Å²) in [5, 5.41) is 10.5. The van der Waals surface area contributed by atoms with Crippen molar-refractivity contribution < 1.29 is 4.79 Å². The van der Waals surface area contributed by atoms with Gasteiger partial charge in [-0.3, -0.25) is 9.89 Å². The van der Waals surface area contributed by atoms with E-state index in [2.05, 4.69) is 39.2 Å². The van der Waals surface area contributed by atoms with Crippen LogP contribution >= 0.6 is 11.6 Å². The van der Waals surface area contributed by atoms with Crippen molar-refractivity contribution in [3.05, 3.63) is 64.9 Å². The molecule has 7 heteroatoms. The van der Waals surface area contributed by atoms with Crippen LogP contribution < -0.4 is 10.2 Å². The quantitative estimate of drug-likeness (QED) is 0.648. The predicted octanol–water partition coefficient (Wildman–Crippen LogP) is 3.90. The zero-order chi connectivity index (χ0) is 19.2. The summed E-state index contributed by atoms with van der Waals surface area (Å²) in [4.78, 5) is 19.0. The summed E-state index contributed by atoms with van der Waals surface area (Å²) in [5.41, 5.74) is 2.87. The van der Waals surface area contributed by atoms with E-state index in [9.17, 15) is 4.79 Å². The van der Waals surface area contributed by atoms with E-state index in [4.69, 9.17) is 11.6 Å². The number of amides is 1. The minimum absolute atomic E-state index is 0.219. The third-order valence-corrected chi connectivity index (χ3v) is 4.53. The second kappa shape index (κ2) is 8.68. The average Bonchev–Trinajstić information content (AvgIpc) is 3.18. The van der Waals surface area contributed by atoms with Crippen molar-refractivity contribution in [2.75, 3.05) is 18.0 Å².